The summed E-state index contributed by atoms with van der Waals surface area (Å²) in [6.45, 7) is 0. The van der Waals surface area contributed by atoms with Gasteiger partial charge in [-0.15, -0.1) is 0 Å². The fourth-order valence-corrected chi connectivity index (χ4v) is 3.93. The Morgan fingerprint density at radius 1 is 1.00 bits per heavy atom. The molecule has 4 rings (SSSR count). The minimum Gasteiger partial charge on any atom is -1.00 e. The van der Waals surface area contributed by atoms with Crippen LogP contribution in [0.15, 0.2) is 88.8 Å². The molecule has 0 radical (unpaired) electrons. The van der Waals surface area contributed by atoms with E-state index in [2.05, 4.69) is 4.98 Å². The third-order valence-corrected chi connectivity index (χ3v) is 5.41. The average Bonchev–Trinajstić information content (AvgIpc) is 2.78. The summed E-state index contributed by atoms with van der Waals surface area (Å²) >= 11 is 1.12. The van der Waals surface area contributed by atoms with Gasteiger partial charge in [0.15, 0.2) is 10.9 Å². The van der Waals surface area contributed by atoms with Crippen LogP contribution in [0.5, 0.6) is 0 Å². The highest BCUT2D eigenvalue weighted by molar-refractivity contribution is 7.99. The van der Waals surface area contributed by atoms with Gasteiger partial charge in [0, 0.05) is 17.7 Å². The van der Waals surface area contributed by atoms with E-state index < -0.39 is 4.92 Å². The molecule has 0 aliphatic carbocycles. The topological polar surface area (TPSA) is 95.1 Å². The monoisotopic (exact) mass is 496 g/mol. The molecule has 7 nitrogen and oxygen atoms in total. The van der Waals surface area contributed by atoms with Gasteiger partial charge >= 0.3 is 0 Å². The average molecular weight is 497 g/mol. The van der Waals surface area contributed by atoms with Crippen LogP contribution in [-0.4, -0.2) is 26.0 Å². The van der Waals surface area contributed by atoms with Crippen molar-refractivity contribution >= 4 is 34.1 Å². The number of fused-ring (bicyclic) bond motifs is 1. The number of para-hydroxylation sites is 2. The predicted octanol–water partition coefficient (Wildman–Crippen LogP) is 1.27. The Labute approximate surface area is 191 Å². The number of Topliss-reactive ketones (excluding diaryl/α,β-unsaturated/α-hetero) is 1. The summed E-state index contributed by atoms with van der Waals surface area (Å²) in [7, 11) is 0. The number of halogens is 1. The Morgan fingerprint density at radius 2 is 1.71 bits per heavy atom. The lowest BCUT2D eigenvalue weighted by atomic mass is 10.1. The maximum absolute atomic E-state index is 13.1. The van der Waals surface area contributed by atoms with Crippen LogP contribution in [0.3, 0.4) is 0 Å². The van der Waals surface area contributed by atoms with E-state index in [4.69, 9.17) is 0 Å². The summed E-state index contributed by atoms with van der Waals surface area (Å²) in [5.41, 5.74) is 1.06. The van der Waals surface area contributed by atoms with E-state index in [1.807, 2.05) is 18.2 Å². The first-order valence-corrected chi connectivity index (χ1v) is 10.0. The highest BCUT2D eigenvalue weighted by atomic mass is 79.9. The second-order valence-electron chi connectivity index (χ2n) is 6.41. The molecular weight excluding hydrogens is 482 g/mol. The minimum absolute atomic E-state index is 0. The Bertz CT molecular complexity index is 1330. The molecule has 4 aromatic rings. The number of thioether (sulfide) groups is 1. The first-order valence-electron chi connectivity index (χ1n) is 9.02. The molecule has 31 heavy (non-hydrogen) atoms. The standard InChI is InChI=1S/C22H15N3O4S.BrH/c26-20(15-7-6-10-17(13-15)25(28)29)14-30-22-23-19-12-5-4-11-18(19)21(27)24(22)16-8-2-1-3-9-16;/h1-13H,14H2;1H/p-1. The number of nitro benzene ring substituents is 1. The van der Waals surface area contributed by atoms with Crippen molar-refractivity contribution in [1.29, 1.82) is 0 Å². The molecule has 1 heterocycles. The quantitative estimate of drug-likeness (QED) is 0.131. The van der Waals surface area contributed by atoms with Gasteiger partial charge in [0.05, 0.1) is 27.3 Å². The summed E-state index contributed by atoms with van der Waals surface area (Å²) < 4.78 is 1.48. The van der Waals surface area contributed by atoms with Gasteiger partial charge in [-0.3, -0.25) is 24.3 Å². The largest absolute Gasteiger partial charge is 1.00 e. The lowest BCUT2D eigenvalue weighted by molar-refractivity contribution is -0.384. The Balaban J connectivity index is 0.00000272. The van der Waals surface area contributed by atoms with Crippen molar-refractivity contribution in [2.24, 2.45) is 0 Å². The van der Waals surface area contributed by atoms with E-state index in [0.29, 0.717) is 21.7 Å². The molecule has 156 valence electrons. The van der Waals surface area contributed by atoms with Gasteiger partial charge in [-0.1, -0.05) is 54.2 Å². The summed E-state index contributed by atoms with van der Waals surface area (Å²) in [5.74, 6) is -0.301. The molecule has 0 N–H and O–H groups in total. The van der Waals surface area contributed by atoms with E-state index >= 15 is 0 Å². The third kappa shape index (κ3) is 4.73. The van der Waals surface area contributed by atoms with E-state index in [-0.39, 0.29) is 45.3 Å². The number of benzene rings is 3. The molecule has 0 saturated carbocycles. The molecule has 0 saturated heterocycles. The van der Waals surface area contributed by atoms with Crippen LogP contribution >= 0.6 is 11.8 Å². The van der Waals surface area contributed by atoms with Crippen LogP contribution in [-0.2, 0) is 0 Å². The van der Waals surface area contributed by atoms with Gasteiger partial charge in [-0.05, 0) is 24.3 Å². The van der Waals surface area contributed by atoms with Crippen LogP contribution in [0.2, 0.25) is 0 Å². The summed E-state index contributed by atoms with van der Waals surface area (Å²) in [6.07, 6.45) is 0. The molecule has 0 fully saturated rings. The van der Waals surface area contributed by atoms with Gasteiger partial charge in [0.2, 0.25) is 0 Å². The number of aromatic nitrogens is 2. The molecule has 0 amide bonds. The Hall–Kier alpha value is -3.30. The number of ketones is 1. The van der Waals surface area contributed by atoms with Crippen LogP contribution in [0.1, 0.15) is 10.4 Å². The van der Waals surface area contributed by atoms with Crippen molar-refractivity contribution < 1.29 is 26.7 Å². The minimum atomic E-state index is -0.540. The SMILES string of the molecule is O=C(CSc1nc2ccccc2c(=O)n1-c1ccccc1)c1cccc([N+](=O)[O-])c1.[Br-]. The van der Waals surface area contributed by atoms with Gasteiger partial charge in [-0.25, -0.2) is 4.98 Å². The number of carbonyl (C=O) groups is 1. The fourth-order valence-electron chi connectivity index (χ4n) is 3.02. The zero-order valence-corrected chi connectivity index (χ0v) is 18.4. The van der Waals surface area contributed by atoms with E-state index in [1.165, 1.54) is 28.8 Å². The van der Waals surface area contributed by atoms with Crippen molar-refractivity contribution in [1.82, 2.24) is 9.55 Å². The second kappa shape index (κ2) is 9.67. The molecule has 3 aromatic carbocycles. The molecule has 1 aromatic heterocycles. The maximum atomic E-state index is 13.1. The maximum Gasteiger partial charge on any atom is 0.270 e. The molecule has 0 bridgehead atoms. The molecule has 0 aliphatic heterocycles. The summed E-state index contributed by atoms with van der Waals surface area (Å²) in [5, 5.41) is 11.8. The summed E-state index contributed by atoms with van der Waals surface area (Å²) in [6, 6.07) is 21.7. The van der Waals surface area contributed by atoms with Gasteiger partial charge < -0.3 is 17.0 Å². The van der Waals surface area contributed by atoms with Crippen LogP contribution in [0.4, 0.5) is 5.69 Å². The van der Waals surface area contributed by atoms with Crippen molar-refractivity contribution in [3.8, 4) is 5.69 Å². The molecule has 9 heteroatoms. The zero-order chi connectivity index (χ0) is 21.1. The molecule has 0 unspecified atom stereocenters. The molecule has 0 spiro atoms. The van der Waals surface area contributed by atoms with Crippen LogP contribution in [0.25, 0.3) is 16.6 Å². The number of hydrogen-bond donors (Lipinski definition) is 0. The number of nitro groups is 1. The first-order chi connectivity index (χ1) is 14.5. The van der Waals surface area contributed by atoms with Crippen molar-refractivity contribution in [2.75, 3.05) is 5.75 Å². The smallest absolute Gasteiger partial charge is 0.270 e. The number of hydrogen-bond acceptors (Lipinski definition) is 6. The van der Waals surface area contributed by atoms with Crippen molar-refractivity contribution in [3.63, 3.8) is 0 Å². The van der Waals surface area contributed by atoms with Crippen molar-refractivity contribution in [2.45, 2.75) is 5.16 Å². The van der Waals surface area contributed by atoms with Gasteiger partial charge in [-0.2, -0.15) is 0 Å². The molecule has 0 atom stereocenters. The lowest BCUT2D eigenvalue weighted by Gasteiger charge is -2.13. The molecular formula is C22H15BrN3O4S-. The summed E-state index contributed by atoms with van der Waals surface area (Å²) in [4.78, 5) is 40.8. The van der Waals surface area contributed by atoms with E-state index in [0.717, 1.165) is 11.8 Å². The highest BCUT2D eigenvalue weighted by Crippen LogP contribution is 2.23. The van der Waals surface area contributed by atoms with E-state index in [1.54, 1.807) is 36.4 Å². The number of non-ortho nitro benzene ring substituents is 1. The van der Waals surface area contributed by atoms with Crippen molar-refractivity contribution in [3.05, 3.63) is 105 Å². The number of nitrogens with zero attached hydrogens (tertiary/aromatic N) is 3. The Kier molecular flexibility index (Phi) is 6.98. The van der Waals surface area contributed by atoms with E-state index in [9.17, 15) is 19.7 Å². The first kappa shape index (κ1) is 22.4. The Morgan fingerprint density at radius 3 is 2.45 bits per heavy atom. The lowest BCUT2D eigenvalue weighted by Crippen LogP contribution is -3.00. The van der Waals surface area contributed by atoms with Crippen LogP contribution < -0.4 is 22.5 Å². The molecule has 0 aliphatic rings. The fraction of sp³-hybridized carbons (Fsp3) is 0.0455. The highest BCUT2D eigenvalue weighted by Gasteiger charge is 2.16. The van der Waals surface area contributed by atoms with Crippen LogP contribution in [0, 0.1) is 10.1 Å². The predicted molar refractivity (Wildman–Crippen MR) is 115 cm³/mol. The number of rotatable bonds is 6. The zero-order valence-electron chi connectivity index (χ0n) is 16.0. The second-order valence-corrected chi connectivity index (χ2v) is 7.35. The third-order valence-electron chi connectivity index (χ3n) is 4.47. The van der Waals surface area contributed by atoms with Gasteiger partial charge in [0.1, 0.15) is 0 Å². The number of carbonyl (C=O) groups excluding carboxylic acids is 1. The van der Waals surface area contributed by atoms with Gasteiger partial charge in [0.25, 0.3) is 11.2 Å². The normalized spacial score (nSPS) is 10.5.